The third-order valence-electron chi connectivity index (χ3n) is 4.32. The number of carbonyl (C=O) groups is 1. The Kier molecular flexibility index (Phi) is 4.71. The maximum Gasteiger partial charge on any atom is 0.251 e. The largest absolute Gasteiger partial charge is 0.345 e. The van der Waals surface area contributed by atoms with Gasteiger partial charge in [-0.15, -0.1) is 0 Å². The van der Waals surface area contributed by atoms with Crippen LogP contribution in [0.25, 0.3) is 0 Å². The van der Waals surface area contributed by atoms with E-state index in [1.54, 1.807) is 24.3 Å². The minimum atomic E-state index is -3.07. The molecule has 2 aromatic carbocycles. The van der Waals surface area contributed by atoms with Gasteiger partial charge >= 0.3 is 0 Å². The molecule has 0 spiro atoms. The van der Waals surface area contributed by atoms with Gasteiger partial charge in [0.05, 0.1) is 11.8 Å². The molecule has 126 valence electrons. The van der Waals surface area contributed by atoms with Gasteiger partial charge in [-0.25, -0.2) is 8.42 Å². The highest BCUT2D eigenvalue weighted by atomic mass is 32.2. The van der Waals surface area contributed by atoms with Crippen LogP contribution in [0.1, 0.15) is 45.9 Å². The second-order valence-corrected chi connectivity index (χ2v) is 8.52. The predicted molar refractivity (Wildman–Crippen MR) is 94.6 cm³/mol. The molecule has 2 aromatic rings. The highest BCUT2D eigenvalue weighted by Gasteiger charge is 2.21. The van der Waals surface area contributed by atoms with Crippen LogP contribution in [0.3, 0.4) is 0 Å². The molecule has 1 atom stereocenters. The molecular weight excluding hydrogens is 322 g/mol. The fourth-order valence-corrected chi connectivity index (χ4v) is 4.00. The zero-order valence-electron chi connectivity index (χ0n) is 13.7. The molecule has 4 nitrogen and oxygen atoms in total. The van der Waals surface area contributed by atoms with Crippen molar-refractivity contribution in [2.45, 2.75) is 31.1 Å². The standard InChI is InChI=1S/C19H21NO3S/c1-24(22,23)13-14-9-11-16(12-10-14)19(21)20-18-8-4-6-15-5-2-3-7-17(15)18/h2-3,5,7,9-12,18H,4,6,8,13H2,1H3,(H,20,21)/t18-/m0/s1. The average molecular weight is 343 g/mol. The molecule has 1 aliphatic carbocycles. The predicted octanol–water partition coefficient (Wildman–Crippen LogP) is 3.04. The van der Waals surface area contributed by atoms with Crippen molar-refractivity contribution in [3.05, 3.63) is 70.8 Å². The van der Waals surface area contributed by atoms with Gasteiger partial charge in [-0.1, -0.05) is 36.4 Å². The Labute approximate surface area is 142 Å². The van der Waals surface area contributed by atoms with Crippen molar-refractivity contribution in [3.8, 4) is 0 Å². The minimum Gasteiger partial charge on any atom is -0.345 e. The Bertz CT molecular complexity index is 841. The van der Waals surface area contributed by atoms with Crippen molar-refractivity contribution < 1.29 is 13.2 Å². The molecule has 0 unspecified atom stereocenters. The first-order valence-corrected chi connectivity index (χ1v) is 10.1. The molecule has 5 heteroatoms. The van der Waals surface area contributed by atoms with Gasteiger partial charge in [-0.3, -0.25) is 4.79 Å². The van der Waals surface area contributed by atoms with Crippen LogP contribution in [0, 0.1) is 0 Å². The molecule has 0 fully saturated rings. The van der Waals surface area contributed by atoms with E-state index in [4.69, 9.17) is 0 Å². The van der Waals surface area contributed by atoms with Crippen LogP contribution in [-0.4, -0.2) is 20.6 Å². The van der Waals surface area contributed by atoms with Gasteiger partial charge < -0.3 is 5.32 Å². The highest BCUT2D eigenvalue weighted by Crippen LogP contribution is 2.29. The van der Waals surface area contributed by atoms with Gasteiger partial charge in [0.1, 0.15) is 0 Å². The summed E-state index contributed by atoms with van der Waals surface area (Å²) in [4.78, 5) is 12.5. The second-order valence-electron chi connectivity index (χ2n) is 6.38. The zero-order chi connectivity index (χ0) is 17.2. The van der Waals surface area contributed by atoms with Crippen molar-refractivity contribution in [2.24, 2.45) is 0 Å². The maximum absolute atomic E-state index is 12.5. The van der Waals surface area contributed by atoms with Crippen LogP contribution in [-0.2, 0) is 22.0 Å². The monoisotopic (exact) mass is 343 g/mol. The lowest BCUT2D eigenvalue weighted by molar-refractivity contribution is 0.0932. The molecule has 3 rings (SSSR count). The molecule has 0 saturated carbocycles. The zero-order valence-corrected chi connectivity index (χ0v) is 14.5. The van der Waals surface area contributed by atoms with Gasteiger partial charge in [0.2, 0.25) is 0 Å². The van der Waals surface area contributed by atoms with E-state index in [1.165, 1.54) is 17.4 Å². The number of sulfone groups is 1. The molecule has 0 heterocycles. The number of carbonyl (C=O) groups excluding carboxylic acids is 1. The van der Waals surface area contributed by atoms with Crippen molar-refractivity contribution in [3.63, 3.8) is 0 Å². The molecule has 0 saturated heterocycles. The summed E-state index contributed by atoms with van der Waals surface area (Å²) < 4.78 is 22.6. The second kappa shape index (κ2) is 6.77. The number of nitrogens with one attached hydrogen (secondary N) is 1. The summed E-state index contributed by atoms with van der Waals surface area (Å²) in [6.07, 6.45) is 4.26. The SMILES string of the molecule is CS(=O)(=O)Cc1ccc(C(=O)N[C@H]2CCCc3ccccc32)cc1. The maximum atomic E-state index is 12.5. The van der Waals surface area contributed by atoms with E-state index < -0.39 is 9.84 Å². The molecule has 0 aliphatic heterocycles. The number of hydrogen-bond donors (Lipinski definition) is 1. The van der Waals surface area contributed by atoms with E-state index in [0.29, 0.717) is 11.1 Å². The summed E-state index contributed by atoms with van der Waals surface area (Å²) in [6.45, 7) is 0. The van der Waals surface area contributed by atoms with E-state index in [-0.39, 0.29) is 17.7 Å². The van der Waals surface area contributed by atoms with Crippen LogP contribution in [0.5, 0.6) is 0 Å². The molecule has 0 bridgehead atoms. The lowest BCUT2D eigenvalue weighted by atomic mass is 9.87. The Morgan fingerprint density at radius 1 is 1.12 bits per heavy atom. The van der Waals surface area contributed by atoms with E-state index >= 15 is 0 Å². The number of rotatable bonds is 4. The van der Waals surface area contributed by atoms with Crippen molar-refractivity contribution in [2.75, 3.05) is 6.26 Å². The van der Waals surface area contributed by atoms with Crippen LogP contribution >= 0.6 is 0 Å². The fourth-order valence-electron chi connectivity index (χ4n) is 3.20. The first-order valence-electron chi connectivity index (χ1n) is 8.08. The Morgan fingerprint density at radius 3 is 2.54 bits per heavy atom. The van der Waals surface area contributed by atoms with Crippen LogP contribution in [0.2, 0.25) is 0 Å². The summed E-state index contributed by atoms with van der Waals surface area (Å²) in [7, 11) is -3.07. The summed E-state index contributed by atoms with van der Waals surface area (Å²) in [6, 6.07) is 15.0. The van der Waals surface area contributed by atoms with Gasteiger partial charge in [-0.05, 0) is 48.1 Å². The number of amides is 1. The molecule has 1 N–H and O–H groups in total. The third-order valence-corrected chi connectivity index (χ3v) is 5.18. The molecule has 0 radical (unpaired) electrons. The molecular formula is C19H21NO3S. The lowest BCUT2D eigenvalue weighted by Gasteiger charge is -2.26. The smallest absolute Gasteiger partial charge is 0.251 e. The summed E-state index contributed by atoms with van der Waals surface area (Å²) in [5.41, 5.74) is 3.75. The number of fused-ring (bicyclic) bond motifs is 1. The Morgan fingerprint density at radius 2 is 1.83 bits per heavy atom. The highest BCUT2D eigenvalue weighted by molar-refractivity contribution is 7.89. The van der Waals surface area contributed by atoms with Gasteiger partial charge in [0.15, 0.2) is 9.84 Å². The summed E-state index contributed by atoms with van der Waals surface area (Å²) in [5.74, 6) is -0.132. The summed E-state index contributed by atoms with van der Waals surface area (Å²) >= 11 is 0. The molecule has 0 aromatic heterocycles. The normalized spacial score (nSPS) is 17.1. The van der Waals surface area contributed by atoms with Crippen molar-refractivity contribution in [1.82, 2.24) is 5.32 Å². The summed E-state index contributed by atoms with van der Waals surface area (Å²) in [5, 5.41) is 3.10. The first-order chi connectivity index (χ1) is 11.4. The number of hydrogen-bond acceptors (Lipinski definition) is 3. The Hall–Kier alpha value is -2.14. The molecule has 1 amide bonds. The van der Waals surface area contributed by atoms with Crippen molar-refractivity contribution in [1.29, 1.82) is 0 Å². The number of aryl methyl sites for hydroxylation is 1. The van der Waals surface area contributed by atoms with Gasteiger partial charge in [0, 0.05) is 11.8 Å². The topological polar surface area (TPSA) is 63.2 Å². The third kappa shape index (κ3) is 4.03. The molecule has 1 aliphatic rings. The fraction of sp³-hybridized carbons (Fsp3) is 0.316. The van der Waals surface area contributed by atoms with E-state index in [9.17, 15) is 13.2 Å². The van der Waals surface area contributed by atoms with Crippen LogP contribution < -0.4 is 5.32 Å². The van der Waals surface area contributed by atoms with Crippen LogP contribution in [0.15, 0.2) is 48.5 Å². The van der Waals surface area contributed by atoms with Crippen LogP contribution in [0.4, 0.5) is 0 Å². The minimum absolute atomic E-state index is 0.00903. The van der Waals surface area contributed by atoms with E-state index in [2.05, 4.69) is 17.4 Å². The number of benzene rings is 2. The van der Waals surface area contributed by atoms with Gasteiger partial charge in [-0.2, -0.15) is 0 Å². The first kappa shape index (κ1) is 16.7. The quantitative estimate of drug-likeness (QED) is 0.928. The molecule has 24 heavy (non-hydrogen) atoms. The van der Waals surface area contributed by atoms with Crippen molar-refractivity contribution >= 4 is 15.7 Å². The average Bonchev–Trinajstić information content (AvgIpc) is 2.54. The van der Waals surface area contributed by atoms with Gasteiger partial charge in [0.25, 0.3) is 5.91 Å². The van der Waals surface area contributed by atoms with E-state index in [1.807, 2.05) is 12.1 Å². The van der Waals surface area contributed by atoms with E-state index in [0.717, 1.165) is 19.3 Å². The Balaban J connectivity index is 1.72. The lowest BCUT2D eigenvalue weighted by Crippen LogP contribution is -2.30.